The van der Waals surface area contributed by atoms with Crippen molar-refractivity contribution in [1.29, 1.82) is 0 Å². The van der Waals surface area contributed by atoms with Crippen LogP contribution in [0.25, 0.3) is 11.4 Å². The summed E-state index contributed by atoms with van der Waals surface area (Å²) >= 11 is 5.70. The van der Waals surface area contributed by atoms with Crippen LogP contribution in [0.2, 0.25) is 5.02 Å². The Morgan fingerprint density at radius 3 is 2.58 bits per heavy atom. The lowest BCUT2D eigenvalue weighted by Crippen LogP contribution is -2.12. The molecule has 0 unspecified atom stereocenters. The third-order valence-electron chi connectivity index (χ3n) is 4.80. The SMILES string of the molecule is CC=CCC1CCC(C#Cc2cnc(-c3ccc(Cl)c(F)c3)nc2)CC1. The van der Waals surface area contributed by atoms with Crippen molar-refractivity contribution in [2.45, 2.75) is 39.0 Å². The van der Waals surface area contributed by atoms with Gasteiger partial charge in [0.25, 0.3) is 0 Å². The van der Waals surface area contributed by atoms with Gasteiger partial charge in [0, 0.05) is 23.9 Å². The van der Waals surface area contributed by atoms with Crippen LogP contribution in [0.3, 0.4) is 0 Å². The molecular formula is C22H22ClFN2. The van der Waals surface area contributed by atoms with Gasteiger partial charge in [-0.1, -0.05) is 35.6 Å². The summed E-state index contributed by atoms with van der Waals surface area (Å²) in [5, 5.41) is 0.0941. The number of allylic oxidation sites excluding steroid dienone is 2. The number of halogens is 2. The van der Waals surface area contributed by atoms with Crippen molar-refractivity contribution in [2.75, 3.05) is 0 Å². The van der Waals surface area contributed by atoms with E-state index in [-0.39, 0.29) is 5.02 Å². The highest BCUT2D eigenvalue weighted by Gasteiger charge is 2.18. The van der Waals surface area contributed by atoms with Gasteiger partial charge in [-0.2, -0.15) is 0 Å². The van der Waals surface area contributed by atoms with Crippen LogP contribution in [0.1, 0.15) is 44.6 Å². The Morgan fingerprint density at radius 1 is 1.19 bits per heavy atom. The van der Waals surface area contributed by atoms with Crippen LogP contribution in [0.15, 0.2) is 42.7 Å². The molecule has 1 heterocycles. The standard InChI is InChI=1S/C22H22ClFN2/c1-2-3-4-16-5-7-17(8-6-16)9-10-18-14-25-22(26-15-18)19-11-12-20(23)21(24)13-19/h2-3,11-17H,4-8H2,1H3. The molecule has 26 heavy (non-hydrogen) atoms. The van der Waals surface area contributed by atoms with Gasteiger partial charge in [0.1, 0.15) is 5.82 Å². The summed E-state index contributed by atoms with van der Waals surface area (Å²) in [7, 11) is 0. The third kappa shape index (κ3) is 4.93. The van der Waals surface area contributed by atoms with Gasteiger partial charge in [-0.3, -0.25) is 0 Å². The second-order valence-electron chi connectivity index (χ2n) is 6.72. The van der Waals surface area contributed by atoms with Gasteiger partial charge in [-0.05, 0) is 63.1 Å². The molecule has 3 rings (SSSR count). The summed E-state index contributed by atoms with van der Waals surface area (Å²) < 4.78 is 13.6. The van der Waals surface area contributed by atoms with Crippen molar-refractivity contribution in [3.8, 4) is 23.2 Å². The van der Waals surface area contributed by atoms with Crippen molar-refractivity contribution in [1.82, 2.24) is 9.97 Å². The fourth-order valence-electron chi connectivity index (χ4n) is 3.23. The number of benzene rings is 1. The molecule has 0 saturated heterocycles. The molecule has 1 saturated carbocycles. The summed E-state index contributed by atoms with van der Waals surface area (Å²) in [5.41, 5.74) is 1.39. The van der Waals surface area contributed by atoms with E-state index in [2.05, 4.69) is 40.9 Å². The van der Waals surface area contributed by atoms with Crippen LogP contribution < -0.4 is 0 Å². The minimum atomic E-state index is -0.471. The first-order valence-corrected chi connectivity index (χ1v) is 9.43. The molecule has 0 spiro atoms. The van der Waals surface area contributed by atoms with E-state index in [1.807, 2.05) is 0 Å². The van der Waals surface area contributed by atoms with Crippen molar-refractivity contribution < 1.29 is 4.39 Å². The van der Waals surface area contributed by atoms with Gasteiger partial charge in [-0.25, -0.2) is 14.4 Å². The second kappa shape index (κ2) is 8.96. The van der Waals surface area contributed by atoms with E-state index in [0.717, 1.165) is 24.3 Å². The maximum Gasteiger partial charge on any atom is 0.159 e. The van der Waals surface area contributed by atoms with E-state index < -0.39 is 5.82 Å². The highest BCUT2D eigenvalue weighted by molar-refractivity contribution is 6.30. The Kier molecular flexibility index (Phi) is 6.41. The van der Waals surface area contributed by atoms with Crippen LogP contribution in [0.4, 0.5) is 4.39 Å². The fourth-order valence-corrected chi connectivity index (χ4v) is 3.35. The molecule has 2 nitrogen and oxygen atoms in total. The smallest absolute Gasteiger partial charge is 0.159 e. The van der Waals surface area contributed by atoms with E-state index in [9.17, 15) is 4.39 Å². The predicted octanol–water partition coefficient (Wildman–Crippen LogP) is 6.06. The second-order valence-corrected chi connectivity index (χ2v) is 7.12. The molecule has 0 amide bonds. The first-order chi connectivity index (χ1) is 12.7. The van der Waals surface area contributed by atoms with E-state index in [4.69, 9.17) is 11.6 Å². The van der Waals surface area contributed by atoms with E-state index in [1.54, 1.807) is 18.5 Å². The number of aromatic nitrogens is 2. The Balaban J connectivity index is 1.60. The Bertz CT molecular complexity index is 825. The van der Waals surface area contributed by atoms with Gasteiger partial charge in [-0.15, -0.1) is 0 Å². The van der Waals surface area contributed by atoms with Crippen molar-refractivity contribution >= 4 is 11.6 Å². The molecule has 0 N–H and O–H groups in total. The lowest BCUT2D eigenvalue weighted by atomic mass is 9.81. The van der Waals surface area contributed by atoms with E-state index in [1.165, 1.54) is 31.4 Å². The van der Waals surface area contributed by atoms with Crippen LogP contribution >= 0.6 is 11.6 Å². The fraction of sp³-hybridized carbons (Fsp3) is 0.364. The molecule has 1 fully saturated rings. The van der Waals surface area contributed by atoms with E-state index >= 15 is 0 Å². The van der Waals surface area contributed by atoms with Crippen molar-refractivity contribution in [3.05, 3.63) is 59.1 Å². The molecule has 0 aliphatic heterocycles. The number of hydrogen-bond donors (Lipinski definition) is 0. The van der Waals surface area contributed by atoms with Crippen molar-refractivity contribution in [2.24, 2.45) is 11.8 Å². The van der Waals surface area contributed by atoms with E-state index in [0.29, 0.717) is 17.3 Å². The van der Waals surface area contributed by atoms with Crippen LogP contribution in [0, 0.1) is 29.5 Å². The summed E-state index contributed by atoms with van der Waals surface area (Å²) in [6, 6.07) is 4.56. The molecule has 4 heteroatoms. The number of nitrogens with zero attached hydrogens (tertiary/aromatic N) is 2. The van der Waals surface area contributed by atoms with Gasteiger partial charge in [0.15, 0.2) is 5.82 Å². The van der Waals surface area contributed by atoms with Crippen LogP contribution in [-0.4, -0.2) is 9.97 Å². The average Bonchev–Trinajstić information content (AvgIpc) is 2.68. The van der Waals surface area contributed by atoms with Crippen molar-refractivity contribution in [3.63, 3.8) is 0 Å². The average molecular weight is 369 g/mol. The van der Waals surface area contributed by atoms with Gasteiger partial charge in [0.05, 0.1) is 10.6 Å². The zero-order valence-electron chi connectivity index (χ0n) is 14.9. The first kappa shape index (κ1) is 18.6. The largest absolute Gasteiger partial charge is 0.235 e. The molecule has 1 aliphatic rings. The summed E-state index contributed by atoms with van der Waals surface area (Å²) in [6.45, 7) is 2.08. The maximum atomic E-state index is 13.6. The summed E-state index contributed by atoms with van der Waals surface area (Å²) in [6.07, 6.45) is 13.8. The summed E-state index contributed by atoms with van der Waals surface area (Å²) in [5.74, 6) is 7.82. The zero-order valence-corrected chi connectivity index (χ0v) is 15.6. The molecule has 0 radical (unpaired) electrons. The van der Waals surface area contributed by atoms with Gasteiger partial charge >= 0.3 is 0 Å². The highest BCUT2D eigenvalue weighted by atomic mass is 35.5. The van der Waals surface area contributed by atoms with Crippen LogP contribution in [-0.2, 0) is 0 Å². The minimum Gasteiger partial charge on any atom is -0.235 e. The molecule has 0 bridgehead atoms. The Hall–Kier alpha value is -2.18. The monoisotopic (exact) mass is 368 g/mol. The van der Waals surface area contributed by atoms with Gasteiger partial charge in [0.2, 0.25) is 0 Å². The minimum absolute atomic E-state index is 0.0941. The third-order valence-corrected chi connectivity index (χ3v) is 5.11. The molecular weight excluding hydrogens is 347 g/mol. The summed E-state index contributed by atoms with van der Waals surface area (Å²) in [4.78, 5) is 8.60. The first-order valence-electron chi connectivity index (χ1n) is 9.06. The normalized spacial score (nSPS) is 20.0. The molecule has 1 aromatic heterocycles. The predicted molar refractivity (Wildman–Crippen MR) is 104 cm³/mol. The molecule has 1 aliphatic carbocycles. The Labute approximate surface area is 159 Å². The lowest BCUT2D eigenvalue weighted by Gasteiger charge is -2.24. The Morgan fingerprint density at radius 2 is 1.92 bits per heavy atom. The maximum absolute atomic E-state index is 13.6. The quantitative estimate of drug-likeness (QED) is 0.486. The number of rotatable bonds is 3. The molecule has 0 atom stereocenters. The van der Waals surface area contributed by atoms with Gasteiger partial charge < -0.3 is 0 Å². The molecule has 1 aromatic carbocycles. The molecule has 134 valence electrons. The highest BCUT2D eigenvalue weighted by Crippen LogP contribution is 2.30. The lowest BCUT2D eigenvalue weighted by molar-refractivity contribution is 0.319. The zero-order chi connectivity index (χ0) is 18.4. The molecule has 2 aromatic rings. The topological polar surface area (TPSA) is 25.8 Å². The van der Waals surface area contributed by atoms with Crippen LogP contribution in [0.5, 0.6) is 0 Å². The number of hydrogen-bond acceptors (Lipinski definition) is 2.